The summed E-state index contributed by atoms with van der Waals surface area (Å²) in [7, 11) is 0. The highest BCUT2D eigenvalue weighted by Crippen LogP contribution is 2.31. The van der Waals surface area contributed by atoms with E-state index in [0.717, 1.165) is 35.1 Å². The fourth-order valence-electron chi connectivity index (χ4n) is 3.11. The summed E-state index contributed by atoms with van der Waals surface area (Å²) in [6.45, 7) is 2.16. The zero-order valence-electron chi connectivity index (χ0n) is 14.4. The average Bonchev–Trinajstić information content (AvgIpc) is 2.64. The van der Waals surface area contributed by atoms with Gasteiger partial charge >= 0.3 is 0 Å². The molecule has 2 heteroatoms. The van der Waals surface area contributed by atoms with Gasteiger partial charge in [0.25, 0.3) is 0 Å². The molecule has 0 fully saturated rings. The normalized spacial score (nSPS) is 19.7. The molecule has 0 heterocycles. The lowest BCUT2D eigenvalue weighted by Gasteiger charge is -2.20. The largest absolute Gasteiger partial charge is 0.244 e. The van der Waals surface area contributed by atoms with Crippen LogP contribution < -0.4 is 0 Å². The average molecular weight is 336 g/mol. The quantitative estimate of drug-likeness (QED) is 0.613. The van der Waals surface area contributed by atoms with Gasteiger partial charge in [0.15, 0.2) is 0 Å². The second kappa shape index (κ2) is 8.12. The van der Waals surface area contributed by atoms with Crippen LogP contribution in [0.1, 0.15) is 48.4 Å². The van der Waals surface area contributed by atoms with Gasteiger partial charge in [0.05, 0.1) is 0 Å². The molecule has 2 unspecified atom stereocenters. The molecule has 2 aromatic rings. The molecule has 0 amide bonds. The smallest absolute Gasteiger partial charge is 0.150 e. The minimum Gasteiger partial charge on any atom is -0.244 e. The minimum absolute atomic E-state index is 0.230. The Morgan fingerprint density at radius 1 is 1.00 bits per heavy atom. The van der Waals surface area contributed by atoms with E-state index in [1.807, 2.05) is 36.4 Å². The Bertz CT molecular complexity index is 806. The predicted octanol–water partition coefficient (Wildman–Crippen LogP) is 5.89. The first-order valence-electron chi connectivity index (χ1n) is 8.86. The fraction of sp³-hybridized carbons (Fsp3) is 0.304. The minimum atomic E-state index is -1.52. The monoisotopic (exact) mass is 336 g/mol. The molecule has 128 valence electrons. The summed E-state index contributed by atoms with van der Waals surface area (Å²) in [6.07, 6.45) is 1.49. The molecule has 0 saturated carbocycles. The number of hydrogen-bond donors (Lipinski definition) is 0. The predicted molar refractivity (Wildman–Crippen MR) is 99.9 cm³/mol. The van der Waals surface area contributed by atoms with E-state index in [-0.39, 0.29) is 6.42 Å². The summed E-state index contributed by atoms with van der Waals surface area (Å²) >= 11 is 0. The lowest BCUT2D eigenvalue weighted by atomic mass is 9.89. The Morgan fingerprint density at radius 3 is 2.48 bits per heavy atom. The molecule has 0 aromatic heterocycles. The lowest BCUT2D eigenvalue weighted by Crippen LogP contribution is -2.19. The second-order valence-electron chi connectivity index (χ2n) is 6.43. The molecule has 1 aliphatic carbocycles. The number of rotatable bonds is 3. The Hall–Kier alpha value is -2.40. The summed E-state index contributed by atoms with van der Waals surface area (Å²) in [5.74, 6) is 6.38. The maximum Gasteiger partial charge on any atom is 0.150 e. The van der Waals surface area contributed by atoms with E-state index in [1.54, 1.807) is 0 Å². The van der Waals surface area contributed by atoms with E-state index in [2.05, 4.69) is 30.9 Å². The van der Waals surface area contributed by atoms with Gasteiger partial charge in [0.2, 0.25) is 0 Å². The Labute approximate surface area is 148 Å². The third-order valence-corrected chi connectivity index (χ3v) is 4.50. The van der Waals surface area contributed by atoms with Crippen LogP contribution in [0.3, 0.4) is 0 Å². The number of alkyl halides is 2. The van der Waals surface area contributed by atoms with Crippen LogP contribution in [0.2, 0.25) is 0 Å². The van der Waals surface area contributed by atoms with Crippen molar-refractivity contribution in [3.63, 3.8) is 0 Å². The molecule has 0 saturated heterocycles. The molecule has 0 nitrogen and oxygen atoms in total. The van der Waals surface area contributed by atoms with Crippen molar-refractivity contribution in [3.8, 4) is 11.8 Å². The molecule has 1 aliphatic rings. The Kier molecular flexibility index (Phi) is 5.66. The van der Waals surface area contributed by atoms with Gasteiger partial charge in [-0.1, -0.05) is 55.5 Å². The van der Waals surface area contributed by atoms with E-state index < -0.39 is 12.3 Å². The first kappa shape index (κ1) is 17.4. The molecular formula is C23H22F2. The van der Waals surface area contributed by atoms with Gasteiger partial charge < -0.3 is 0 Å². The van der Waals surface area contributed by atoms with Gasteiger partial charge in [-0.3, -0.25) is 0 Å². The van der Waals surface area contributed by atoms with Gasteiger partial charge in [0, 0.05) is 11.1 Å². The van der Waals surface area contributed by atoms with Gasteiger partial charge in [-0.05, 0) is 60.2 Å². The summed E-state index contributed by atoms with van der Waals surface area (Å²) in [6, 6.07) is 16.0. The van der Waals surface area contributed by atoms with Gasteiger partial charge in [0.1, 0.15) is 12.3 Å². The molecule has 0 spiro atoms. The zero-order chi connectivity index (χ0) is 17.6. The molecule has 0 aliphatic heterocycles. The highest BCUT2D eigenvalue weighted by Gasteiger charge is 2.24. The molecule has 0 N–H and O–H groups in total. The van der Waals surface area contributed by atoms with Crippen LogP contribution in [0.15, 0.2) is 54.6 Å². The molecule has 25 heavy (non-hydrogen) atoms. The van der Waals surface area contributed by atoms with E-state index in [1.165, 1.54) is 11.6 Å². The van der Waals surface area contributed by atoms with Crippen molar-refractivity contribution in [2.45, 2.75) is 45.0 Å². The van der Waals surface area contributed by atoms with Crippen LogP contribution in [0.5, 0.6) is 0 Å². The Morgan fingerprint density at radius 2 is 1.76 bits per heavy atom. The first-order valence-corrected chi connectivity index (χ1v) is 8.86. The molecular weight excluding hydrogens is 314 g/mol. The van der Waals surface area contributed by atoms with Crippen molar-refractivity contribution in [1.82, 2.24) is 0 Å². The van der Waals surface area contributed by atoms with Crippen molar-refractivity contribution in [1.29, 1.82) is 0 Å². The summed E-state index contributed by atoms with van der Waals surface area (Å²) in [5.41, 5.74) is 4.89. The third kappa shape index (κ3) is 4.37. The lowest BCUT2D eigenvalue weighted by molar-refractivity contribution is 0.190. The fourth-order valence-corrected chi connectivity index (χ4v) is 3.11. The van der Waals surface area contributed by atoms with Crippen LogP contribution in [-0.2, 0) is 6.42 Å². The topological polar surface area (TPSA) is 0 Å². The maximum atomic E-state index is 13.7. The van der Waals surface area contributed by atoms with Crippen molar-refractivity contribution in [2.75, 3.05) is 0 Å². The number of allylic oxidation sites excluding steroid dienone is 2. The van der Waals surface area contributed by atoms with Crippen LogP contribution in [0, 0.1) is 11.8 Å². The van der Waals surface area contributed by atoms with Crippen molar-refractivity contribution in [3.05, 3.63) is 76.9 Å². The van der Waals surface area contributed by atoms with Gasteiger partial charge in [-0.15, -0.1) is 0 Å². The molecule has 2 aromatic carbocycles. The first-order chi connectivity index (χ1) is 12.2. The third-order valence-electron chi connectivity index (χ3n) is 4.50. The molecule has 3 rings (SSSR count). The highest BCUT2D eigenvalue weighted by molar-refractivity contribution is 5.72. The van der Waals surface area contributed by atoms with E-state index in [4.69, 9.17) is 0 Å². The van der Waals surface area contributed by atoms with Crippen molar-refractivity contribution < 1.29 is 8.78 Å². The number of hydrogen-bond acceptors (Lipinski definition) is 0. The summed E-state index contributed by atoms with van der Waals surface area (Å²) in [5, 5.41) is 0. The van der Waals surface area contributed by atoms with E-state index in [0.29, 0.717) is 6.42 Å². The summed E-state index contributed by atoms with van der Waals surface area (Å²) < 4.78 is 27.1. The van der Waals surface area contributed by atoms with Gasteiger partial charge in [-0.25, -0.2) is 8.78 Å². The molecule has 0 bridgehead atoms. The number of aryl methyl sites for hydroxylation is 1. The van der Waals surface area contributed by atoms with E-state index >= 15 is 0 Å². The Balaban J connectivity index is 1.86. The van der Waals surface area contributed by atoms with Crippen molar-refractivity contribution in [2.24, 2.45) is 0 Å². The maximum absolute atomic E-state index is 13.7. The van der Waals surface area contributed by atoms with E-state index in [9.17, 15) is 8.78 Å². The zero-order valence-corrected chi connectivity index (χ0v) is 14.4. The second-order valence-corrected chi connectivity index (χ2v) is 6.43. The van der Waals surface area contributed by atoms with Gasteiger partial charge in [-0.2, -0.15) is 0 Å². The molecule has 2 atom stereocenters. The highest BCUT2D eigenvalue weighted by atomic mass is 19.2. The standard InChI is InChI=1S/C23H22F2/c1-2-5-17-8-10-18(11-9-17)12-13-19-6-3-4-7-21(19)20-14-15-22(24)23(25)16-20/h3-4,6-11,16,22-23H,2,5,14-15H2,1H3. The van der Waals surface area contributed by atoms with Crippen LogP contribution in [0.4, 0.5) is 8.78 Å². The summed E-state index contributed by atoms with van der Waals surface area (Å²) in [4.78, 5) is 0. The number of benzene rings is 2. The number of halogens is 2. The van der Waals surface area contributed by atoms with Crippen LogP contribution in [-0.4, -0.2) is 12.3 Å². The van der Waals surface area contributed by atoms with Crippen LogP contribution >= 0.6 is 0 Å². The van der Waals surface area contributed by atoms with Crippen LogP contribution in [0.25, 0.3) is 5.57 Å². The van der Waals surface area contributed by atoms with Crippen molar-refractivity contribution >= 4 is 5.57 Å². The molecule has 0 radical (unpaired) electrons. The SMILES string of the molecule is CCCc1ccc(C#Cc2ccccc2C2=CC(F)C(F)CC2)cc1.